The third-order valence-corrected chi connectivity index (χ3v) is 3.57. The van der Waals surface area contributed by atoms with Crippen molar-refractivity contribution in [3.63, 3.8) is 0 Å². The molecule has 0 saturated carbocycles. The molecule has 1 aromatic rings. The van der Waals surface area contributed by atoms with E-state index in [1.54, 1.807) is 0 Å². The summed E-state index contributed by atoms with van der Waals surface area (Å²) in [5.41, 5.74) is 0. The van der Waals surface area contributed by atoms with Gasteiger partial charge in [0.2, 0.25) is 0 Å². The van der Waals surface area contributed by atoms with E-state index in [1.165, 1.54) is 22.6 Å². The Kier molecular flexibility index (Phi) is 5.66. The highest BCUT2D eigenvalue weighted by Gasteiger charge is 2.04. The van der Waals surface area contributed by atoms with E-state index in [9.17, 15) is 0 Å². The molecule has 0 amide bonds. The van der Waals surface area contributed by atoms with Crippen molar-refractivity contribution in [1.82, 2.24) is 5.32 Å². The third kappa shape index (κ3) is 4.63. The fourth-order valence-electron chi connectivity index (χ4n) is 1.59. The molecule has 1 rings (SSSR count). The minimum atomic E-state index is 0.630. The predicted octanol–water partition coefficient (Wildman–Crippen LogP) is 3.89. The van der Waals surface area contributed by atoms with Gasteiger partial charge in [-0.25, -0.2) is 0 Å². The van der Waals surface area contributed by atoms with E-state index in [2.05, 4.69) is 37.9 Å². The maximum atomic E-state index is 3.76. The number of hydrogen-bond donors (Lipinski definition) is 1. The molecule has 0 spiro atoms. The molecule has 0 saturated heterocycles. The van der Waals surface area contributed by atoms with Crippen LogP contribution in [0.5, 0.6) is 0 Å². The van der Waals surface area contributed by atoms with Gasteiger partial charge in [0.05, 0.1) is 0 Å². The zero-order valence-corrected chi connectivity index (χ0v) is 10.6. The van der Waals surface area contributed by atoms with Crippen LogP contribution in [0, 0.1) is 6.92 Å². The summed E-state index contributed by atoms with van der Waals surface area (Å²) < 4.78 is 0. The second-order valence-corrected chi connectivity index (χ2v) is 5.24. The van der Waals surface area contributed by atoms with Crippen LogP contribution < -0.4 is 5.32 Å². The lowest BCUT2D eigenvalue weighted by molar-refractivity contribution is 0.472. The van der Waals surface area contributed by atoms with Crippen molar-refractivity contribution < 1.29 is 0 Å². The van der Waals surface area contributed by atoms with Crippen LogP contribution in [0.2, 0.25) is 0 Å². The minimum Gasteiger partial charge on any atom is -0.309 e. The normalized spacial score (nSPS) is 12.7. The molecule has 84 valence electrons. The Morgan fingerprint density at radius 2 is 2.33 bits per heavy atom. The highest BCUT2D eigenvalue weighted by atomic mass is 32.1. The van der Waals surface area contributed by atoms with Crippen LogP contribution in [0.1, 0.15) is 35.9 Å². The molecule has 0 aliphatic heterocycles. The Hall–Kier alpha value is -0.600. The standard InChI is InChI=1S/C13H21NS/c1-4-6-7-12(5-2)14-10-13-9-8-11(3)15-13/h4,8-9,12,14H,1,5-7,10H2,2-3H3. The number of nitrogens with one attached hydrogen (secondary N) is 1. The first-order chi connectivity index (χ1) is 7.26. The Morgan fingerprint density at radius 3 is 2.87 bits per heavy atom. The molecule has 0 aliphatic carbocycles. The zero-order chi connectivity index (χ0) is 11.1. The quantitative estimate of drug-likeness (QED) is 0.691. The number of thiophene rings is 1. The first-order valence-corrected chi connectivity index (χ1v) is 6.47. The second-order valence-electron chi connectivity index (χ2n) is 3.86. The average molecular weight is 223 g/mol. The lowest BCUT2D eigenvalue weighted by Crippen LogP contribution is -2.27. The molecule has 1 aromatic heterocycles. The van der Waals surface area contributed by atoms with Crippen LogP contribution in [0.15, 0.2) is 24.8 Å². The molecule has 15 heavy (non-hydrogen) atoms. The maximum absolute atomic E-state index is 3.76. The van der Waals surface area contributed by atoms with Gasteiger partial charge in [0.1, 0.15) is 0 Å². The van der Waals surface area contributed by atoms with Crippen molar-refractivity contribution in [2.24, 2.45) is 0 Å². The Bertz CT molecular complexity index is 290. The van der Waals surface area contributed by atoms with E-state index in [-0.39, 0.29) is 0 Å². The van der Waals surface area contributed by atoms with Gasteiger partial charge in [-0.05, 0) is 38.3 Å². The summed E-state index contributed by atoms with van der Waals surface area (Å²) in [6.45, 7) is 9.16. The number of hydrogen-bond acceptors (Lipinski definition) is 2. The summed E-state index contributed by atoms with van der Waals surface area (Å²) in [5.74, 6) is 0. The smallest absolute Gasteiger partial charge is 0.0302 e. The van der Waals surface area contributed by atoms with Gasteiger partial charge in [0.25, 0.3) is 0 Å². The minimum absolute atomic E-state index is 0.630. The molecule has 0 fully saturated rings. The third-order valence-electron chi connectivity index (χ3n) is 2.57. The van der Waals surface area contributed by atoms with Gasteiger partial charge >= 0.3 is 0 Å². The number of aryl methyl sites for hydroxylation is 1. The highest BCUT2D eigenvalue weighted by Crippen LogP contribution is 2.15. The Morgan fingerprint density at radius 1 is 1.53 bits per heavy atom. The van der Waals surface area contributed by atoms with Crippen LogP contribution in [-0.2, 0) is 6.54 Å². The van der Waals surface area contributed by atoms with Gasteiger partial charge in [-0.3, -0.25) is 0 Å². The molecule has 0 aromatic carbocycles. The molecule has 1 atom stereocenters. The van der Waals surface area contributed by atoms with Crippen molar-refractivity contribution in [3.8, 4) is 0 Å². The van der Waals surface area contributed by atoms with Crippen LogP contribution in [-0.4, -0.2) is 6.04 Å². The van der Waals surface area contributed by atoms with E-state index in [4.69, 9.17) is 0 Å². The number of allylic oxidation sites excluding steroid dienone is 1. The second kappa shape index (κ2) is 6.81. The lowest BCUT2D eigenvalue weighted by atomic mass is 10.1. The van der Waals surface area contributed by atoms with Crippen molar-refractivity contribution in [1.29, 1.82) is 0 Å². The fourth-order valence-corrected chi connectivity index (χ4v) is 2.44. The average Bonchev–Trinajstić information content (AvgIpc) is 2.65. The lowest BCUT2D eigenvalue weighted by Gasteiger charge is -2.15. The van der Waals surface area contributed by atoms with Crippen molar-refractivity contribution in [2.45, 2.75) is 45.7 Å². The Balaban J connectivity index is 2.30. The molecular weight excluding hydrogens is 202 g/mol. The first kappa shape index (κ1) is 12.5. The summed E-state index contributed by atoms with van der Waals surface area (Å²) in [4.78, 5) is 2.83. The van der Waals surface area contributed by atoms with Gasteiger partial charge in [-0.1, -0.05) is 13.0 Å². The monoisotopic (exact) mass is 223 g/mol. The summed E-state index contributed by atoms with van der Waals surface area (Å²) in [7, 11) is 0. The molecule has 1 N–H and O–H groups in total. The molecular formula is C13H21NS. The highest BCUT2D eigenvalue weighted by molar-refractivity contribution is 7.11. The summed E-state index contributed by atoms with van der Waals surface area (Å²) in [6, 6.07) is 5.03. The molecule has 0 radical (unpaired) electrons. The summed E-state index contributed by atoms with van der Waals surface area (Å²) in [5, 5.41) is 3.60. The van der Waals surface area contributed by atoms with Crippen LogP contribution >= 0.6 is 11.3 Å². The molecule has 1 nitrogen and oxygen atoms in total. The van der Waals surface area contributed by atoms with E-state index in [0.29, 0.717) is 6.04 Å². The predicted molar refractivity (Wildman–Crippen MR) is 69.4 cm³/mol. The number of rotatable bonds is 7. The van der Waals surface area contributed by atoms with Crippen molar-refractivity contribution >= 4 is 11.3 Å². The van der Waals surface area contributed by atoms with Crippen molar-refractivity contribution in [3.05, 3.63) is 34.5 Å². The van der Waals surface area contributed by atoms with E-state index >= 15 is 0 Å². The fraction of sp³-hybridized carbons (Fsp3) is 0.538. The molecule has 1 heterocycles. The van der Waals surface area contributed by atoms with E-state index < -0.39 is 0 Å². The first-order valence-electron chi connectivity index (χ1n) is 5.65. The topological polar surface area (TPSA) is 12.0 Å². The molecule has 0 aliphatic rings. The van der Waals surface area contributed by atoms with Crippen LogP contribution in [0.4, 0.5) is 0 Å². The molecule has 1 unspecified atom stereocenters. The summed E-state index contributed by atoms with van der Waals surface area (Å²) >= 11 is 1.88. The zero-order valence-electron chi connectivity index (χ0n) is 9.75. The molecule has 0 bridgehead atoms. The van der Waals surface area contributed by atoms with Gasteiger partial charge < -0.3 is 5.32 Å². The molecule has 2 heteroatoms. The Labute approximate surface area is 97.2 Å². The largest absolute Gasteiger partial charge is 0.309 e. The van der Waals surface area contributed by atoms with Gasteiger partial charge in [0.15, 0.2) is 0 Å². The summed E-state index contributed by atoms with van der Waals surface area (Å²) in [6.07, 6.45) is 5.50. The van der Waals surface area contributed by atoms with E-state index in [0.717, 1.165) is 13.0 Å². The van der Waals surface area contributed by atoms with Crippen LogP contribution in [0.3, 0.4) is 0 Å². The van der Waals surface area contributed by atoms with Crippen LogP contribution in [0.25, 0.3) is 0 Å². The van der Waals surface area contributed by atoms with E-state index in [1.807, 2.05) is 17.4 Å². The van der Waals surface area contributed by atoms with Crippen molar-refractivity contribution in [2.75, 3.05) is 0 Å². The van der Waals surface area contributed by atoms with Gasteiger partial charge in [0, 0.05) is 22.3 Å². The SMILES string of the molecule is C=CCCC(CC)NCc1ccc(C)s1. The van der Waals surface area contributed by atoms with Gasteiger partial charge in [-0.15, -0.1) is 17.9 Å². The van der Waals surface area contributed by atoms with Gasteiger partial charge in [-0.2, -0.15) is 0 Å². The maximum Gasteiger partial charge on any atom is 0.0302 e.